The van der Waals surface area contributed by atoms with Gasteiger partial charge in [-0.1, -0.05) is 25.0 Å². The van der Waals surface area contributed by atoms with Crippen molar-refractivity contribution >= 4 is 11.9 Å². The predicted octanol–water partition coefficient (Wildman–Crippen LogP) is 1.53. The molecule has 1 aliphatic rings. The summed E-state index contributed by atoms with van der Waals surface area (Å²) in [4.78, 5) is 18.2. The molecule has 1 unspecified atom stereocenters. The summed E-state index contributed by atoms with van der Waals surface area (Å²) >= 11 is 0. The number of amides is 1. The van der Waals surface area contributed by atoms with Crippen molar-refractivity contribution in [1.82, 2.24) is 14.7 Å². The van der Waals surface area contributed by atoms with E-state index in [0.717, 1.165) is 22.5 Å². The summed E-state index contributed by atoms with van der Waals surface area (Å²) in [5.41, 5.74) is 9.22. The molecule has 2 heterocycles. The van der Waals surface area contributed by atoms with Gasteiger partial charge in [-0.05, 0) is 18.2 Å². The van der Waals surface area contributed by atoms with Crippen molar-refractivity contribution in [3.63, 3.8) is 0 Å². The zero-order chi connectivity index (χ0) is 17.4. The van der Waals surface area contributed by atoms with Gasteiger partial charge in [-0.25, -0.2) is 4.99 Å². The lowest BCUT2D eigenvalue weighted by Crippen LogP contribution is -2.47. The summed E-state index contributed by atoms with van der Waals surface area (Å²) in [7, 11) is 3.47. The van der Waals surface area contributed by atoms with Crippen LogP contribution < -0.4 is 5.73 Å². The number of terminal acetylenes is 1. The van der Waals surface area contributed by atoms with Gasteiger partial charge in [0.25, 0.3) is 0 Å². The smallest absolute Gasteiger partial charge is 0.234 e. The minimum Gasteiger partial charge on any atom is -0.369 e. The number of benzene rings is 1. The molecule has 0 radical (unpaired) electrons. The number of hydrogen-bond donors (Lipinski definition) is 1. The normalized spacial score (nSPS) is 20.7. The van der Waals surface area contributed by atoms with E-state index in [-0.39, 0.29) is 23.8 Å². The van der Waals surface area contributed by atoms with Gasteiger partial charge in [-0.15, -0.1) is 6.42 Å². The Kier molecular flexibility index (Phi) is 3.86. The molecule has 2 N–H and O–H groups in total. The molecule has 3 rings (SSSR count). The third-order valence-corrected chi connectivity index (χ3v) is 4.35. The second kappa shape index (κ2) is 5.85. The van der Waals surface area contributed by atoms with Crippen LogP contribution in [0.15, 0.2) is 35.3 Å². The predicted molar refractivity (Wildman–Crippen MR) is 92.9 cm³/mol. The van der Waals surface area contributed by atoms with Crippen LogP contribution in [-0.2, 0) is 11.8 Å². The first-order valence-corrected chi connectivity index (χ1v) is 7.64. The van der Waals surface area contributed by atoms with Gasteiger partial charge in [0.1, 0.15) is 6.04 Å². The lowest BCUT2D eigenvalue weighted by molar-refractivity contribution is -0.131. The van der Waals surface area contributed by atoms with Crippen molar-refractivity contribution in [1.29, 1.82) is 0 Å². The van der Waals surface area contributed by atoms with E-state index in [1.165, 1.54) is 4.90 Å². The quantitative estimate of drug-likeness (QED) is 0.852. The first kappa shape index (κ1) is 15.8. The highest BCUT2D eigenvalue weighted by atomic mass is 16.2. The van der Waals surface area contributed by atoms with E-state index in [0.29, 0.717) is 0 Å². The molecular formula is C18H19N5O. The number of nitrogens with zero attached hydrogens (tertiary/aromatic N) is 4. The molecule has 0 spiro atoms. The third kappa shape index (κ3) is 2.54. The molecule has 1 aromatic heterocycles. The second-order valence-corrected chi connectivity index (χ2v) is 5.92. The minimum absolute atomic E-state index is 0.0513. The molecule has 1 aliphatic heterocycles. The highest BCUT2D eigenvalue weighted by Gasteiger charge is 2.35. The van der Waals surface area contributed by atoms with E-state index in [4.69, 9.17) is 12.2 Å². The lowest BCUT2D eigenvalue weighted by Gasteiger charge is -2.30. The van der Waals surface area contributed by atoms with Crippen molar-refractivity contribution < 1.29 is 4.79 Å². The van der Waals surface area contributed by atoms with Crippen LogP contribution >= 0.6 is 0 Å². The van der Waals surface area contributed by atoms with E-state index in [1.807, 2.05) is 44.3 Å². The summed E-state index contributed by atoms with van der Waals surface area (Å²) in [6.07, 6.45) is 5.46. The molecule has 0 saturated carbocycles. The number of carbonyl (C=O) groups is 1. The van der Waals surface area contributed by atoms with E-state index < -0.39 is 0 Å². The molecule has 2 aromatic rings. The Morgan fingerprint density at radius 3 is 2.75 bits per heavy atom. The van der Waals surface area contributed by atoms with E-state index in [1.54, 1.807) is 11.7 Å². The summed E-state index contributed by atoms with van der Waals surface area (Å²) in [5, 5.41) is 4.55. The van der Waals surface area contributed by atoms with Gasteiger partial charge in [0.2, 0.25) is 5.91 Å². The van der Waals surface area contributed by atoms with Crippen LogP contribution in [0.1, 0.15) is 24.2 Å². The molecule has 0 bridgehead atoms. The van der Waals surface area contributed by atoms with Crippen LogP contribution in [-0.4, -0.2) is 33.6 Å². The molecular weight excluding hydrogens is 302 g/mol. The first-order valence-electron chi connectivity index (χ1n) is 7.64. The van der Waals surface area contributed by atoms with Crippen LogP contribution in [0.5, 0.6) is 0 Å². The van der Waals surface area contributed by atoms with Crippen LogP contribution in [0, 0.1) is 18.3 Å². The van der Waals surface area contributed by atoms with Crippen LogP contribution in [0.2, 0.25) is 0 Å². The monoisotopic (exact) mass is 321 g/mol. The van der Waals surface area contributed by atoms with Crippen molar-refractivity contribution in [3.8, 4) is 23.6 Å². The summed E-state index contributed by atoms with van der Waals surface area (Å²) < 4.78 is 1.74. The van der Waals surface area contributed by atoms with Crippen LogP contribution in [0.25, 0.3) is 11.3 Å². The van der Waals surface area contributed by atoms with Crippen molar-refractivity contribution in [2.45, 2.75) is 13.0 Å². The highest BCUT2D eigenvalue weighted by molar-refractivity contribution is 5.99. The fraction of sp³-hybridized carbons (Fsp3) is 0.278. The third-order valence-electron chi connectivity index (χ3n) is 4.35. The van der Waals surface area contributed by atoms with Crippen LogP contribution in [0.3, 0.4) is 0 Å². The second-order valence-electron chi connectivity index (χ2n) is 5.92. The molecule has 122 valence electrons. The van der Waals surface area contributed by atoms with E-state index >= 15 is 0 Å². The number of aryl methyl sites for hydroxylation is 1. The number of nitrogens with two attached hydrogens (primary N) is 1. The maximum atomic E-state index is 12.3. The Bertz CT molecular complexity index is 874. The van der Waals surface area contributed by atoms with Gasteiger partial charge >= 0.3 is 0 Å². The standard InChI is InChI=1S/C18H19N5O/c1-5-12-7-6-8-13(9-12)14-10-15(23(4)21-14)16-11(2)17(24)22(3)18(19)20-16/h1,6-11,16H,2-4H3,(H2,19,20)/t11?,16-/m0/s1. The maximum Gasteiger partial charge on any atom is 0.234 e. The number of hydrogen-bond acceptors (Lipinski definition) is 4. The van der Waals surface area contributed by atoms with Gasteiger partial charge in [0.05, 0.1) is 17.3 Å². The molecule has 2 atom stereocenters. The molecule has 24 heavy (non-hydrogen) atoms. The van der Waals surface area contributed by atoms with Gasteiger partial charge in [0, 0.05) is 25.2 Å². The van der Waals surface area contributed by atoms with Gasteiger partial charge in [-0.2, -0.15) is 5.10 Å². The van der Waals surface area contributed by atoms with Crippen molar-refractivity contribution in [3.05, 3.63) is 41.6 Å². The minimum atomic E-state index is -0.351. The van der Waals surface area contributed by atoms with E-state index in [2.05, 4.69) is 16.0 Å². The lowest BCUT2D eigenvalue weighted by atomic mass is 9.95. The number of aliphatic imine (C=N–C) groups is 1. The molecule has 6 heteroatoms. The fourth-order valence-corrected chi connectivity index (χ4v) is 2.88. The Hall–Kier alpha value is -3.07. The first-order chi connectivity index (χ1) is 11.4. The van der Waals surface area contributed by atoms with Gasteiger partial charge in [-0.3, -0.25) is 14.4 Å². The number of rotatable bonds is 2. The maximum absolute atomic E-state index is 12.3. The summed E-state index contributed by atoms with van der Waals surface area (Å²) in [6, 6.07) is 9.22. The zero-order valence-electron chi connectivity index (χ0n) is 13.9. The number of guanidine groups is 1. The SMILES string of the molecule is C#Cc1cccc(-c2cc([C@H]3N=C(N)N(C)C(=O)C3C)n(C)n2)c1. The number of aromatic nitrogens is 2. The highest BCUT2D eigenvalue weighted by Crippen LogP contribution is 2.32. The largest absolute Gasteiger partial charge is 0.369 e. The summed E-state index contributed by atoms with van der Waals surface area (Å²) in [6.45, 7) is 1.85. The molecule has 0 saturated heterocycles. The van der Waals surface area contributed by atoms with Crippen molar-refractivity contribution in [2.24, 2.45) is 23.7 Å². The molecule has 1 aromatic carbocycles. The summed E-state index contributed by atoms with van der Waals surface area (Å²) in [5.74, 6) is 2.49. The molecule has 0 fully saturated rings. The topological polar surface area (TPSA) is 76.5 Å². The Balaban J connectivity index is 2.03. The zero-order valence-corrected chi connectivity index (χ0v) is 13.9. The Morgan fingerprint density at radius 1 is 1.29 bits per heavy atom. The van der Waals surface area contributed by atoms with Crippen molar-refractivity contribution in [2.75, 3.05) is 7.05 Å². The Labute approximate surface area is 141 Å². The average Bonchev–Trinajstić information content (AvgIpc) is 2.98. The van der Waals surface area contributed by atoms with Crippen LogP contribution in [0.4, 0.5) is 0 Å². The van der Waals surface area contributed by atoms with E-state index in [9.17, 15) is 4.79 Å². The molecule has 0 aliphatic carbocycles. The number of carbonyl (C=O) groups excluding carboxylic acids is 1. The molecule has 6 nitrogen and oxygen atoms in total. The molecule has 1 amide bonds. The van der Waals surface area contributed by atoms with Gasteiger partial charge < -0.3 is 5.73 Å². The fourth-order valence-electron chi connectivity index (χ4n) is 2.88. The Morgan fingerprint density at radius 2 is 2.04 bits per heavy atom. The van der Waals surface area contributed by atoms with Gasteiger partial charge in [0.15, 0.2) is 5.96 Å². The average molecular weight is 321 g/mol.